The Labute approximate surface area is 169 Å². The fourth-order valence-corrected chi connectivity index (χ4v) is 4.69. The van der Waals surface area contributed by atoms with Crippen LogP contribution in [0.2, 0.25) is 10.0 Å². The third-order valence-corrected chi connectivity index (χ3v) is 6.88. The molecule has 1 aliphatic heterocycles. The van der Waals surface area contributed by atoms with Crippen molar-refractivity contribution in [3.8, 4) is 0 Å². The molecule has 10 heteroatoms. The van der Waals surface area contributed by atoms with Gasteiger partial charge in [-0.2, -0.15) is 9.29 Å². The first-order valence-corrected chi connectivity index (χ1v) is 10.8. The molecule has 0 radical (unpaired) electrons. The molecule has 1 saturated heterocycles. The number of hydrogen-bond donors (Lipinski definition) is 1. The van der Waals surface area contributed by atoms with E-state index in [1.807, 2.05) is 24.8 Å². The molecular formula is C17H21Cl2N5O2S. The number of aryl methyl sites for hydroxylation is 1. The van der Waals surface area contributed by atoms with E-state index in [9.17, 15) is 8.42 Å². The molecule has 0 aliphatic carbocycles. The Morgan fingerprint density at radius 3 is 2.41 bits per heavy atom. The molecule has 0 bridgehead atoms. The summed E-state index contributed by atoms with van der Waals surface area (Å²) in [7, 11) is -3.62. The zero-order valence-corrected chi connectivity index (χ0v) is 17.4. The molecule has 3 rings (SSSR count). The van der Waals surface area contributed by atoms with E-state index < -0.39 is 10.0 Å². The second-order valence-corrected chi connectivity index (χ2v) is 8.94. The van der Waals surface area contributed by atoms with Crippen molar-refractivity contribution in [3.05, 3.63) is 40.0 Å². The summed E-state index contributed by atoms with van der Waals surface area (Å²) in [5.41, 5.74) is 0.863. The molecular weight excluding hydrogens is 409 g/mol. The summed E-state index contributed by atoms with van der Waals surface area (Å²) in [5, 5.41) is 3.73. The maximum Gasteiger partial charge on any atom is 0.243 e. The molecule has 7 nitrogen and oxygen atoms in total. The maximum atomic E-state index is 12.9. The molecule has 0 spiro atoms. The van der Waals surface area contributed by atoms with E-state index in [1.54, 1.807) is 0 Å². The molecule has 1 fully saturated rings. The van der Waals surface area contributed by atoms with Crippen LogP contribution in [0.15, 0.2) is 29.2 Å². The fourth-order valence-electron chi connectivity index (χ4n) is 2.88. The molecule has 2 aromatic rings. The van der Waals surface area contributed by atoms with Crippen molar-refractivity contribution in [2.24, 2.45) is 0 Å². The molecule has 2 heterocycles. The lowest BCUT2D eigenvalue weighted by Gasteiger charge is -2.34. The molecule has 27 heavy (non-hydrogen) atoms. The van der Waals surface area contributed by atoms with Gasteiger partial charge in [-0.15, -0.1) is 0 Å². The predicted molar refractivity (Wildman–Crippen MR) is 108 cm³/mol. The van der Waals surface area contributed by atoms with Gasteiger partial charge in [0.1, 0.15) is 5.82 Å². The first kappa shape index (κ1) is 20.1. The van der Waals surface area contributed by atoms with Gasteiger partial charge in [-0.05, 0) is 32.0 Å². The predicted octanol–water partition coefficient (Wildman–Crippen LogP) is 3.03. The van der Waals surface area contributed by atoms with Crippen LogP contribution in [-0.2, 0) is 10.0 Å². The molecule has 1 aromatic carbocycles. The number of halogens is 2. The van der Waals surface area contributed by atoms with Crippen LogP contribution < -0.4 is 10.2 Å². The van der Waals surface area contributed by atoms with Crippen LogP contribution in [0, 0.1) is 6.92 Å². The summed E-state index contributed by atoms with van der Waals surface area (Å²) in [5.74, 6) is 1.38. The number of benzene rings is 1. The van der Waals surface area contributed by atoms with Crippen LogP contribution in [0.1, 0.15) is 12.6 Å². The molecule has 0 atom stereocenters. The standard InChI is InChI=1S/C17H21Cl2N5O2S/c1-3-20-16-10-12(2)21-17(22-16)23-6-8-24(9-7-23)27(25,26)13-4-5-14(18)15(19)11-13/h4-5,10-11H,3,6-9H2,1-2H3,(H,20,21,22). The normalized spacial score (nSPS) is 15.8. The van der Waals surface area contributed by atoms with Crippen LogP contribution in [0.25, 0.3) is 0 Å². The van der Waals surface area contributed by atoms with Crippen molar-refractivity contribution >= 4 is 45.0 Å². The number of anilines is 2. The summed E-state index contributed by atoms with van der Waals surface area (Å²) < 4.78 is 27.2. The molecule has 1 N–H and O–H groups in total. The van der Waals surface area contributed by atoms with Crippen molar-refractivity contribution in [2.45, 2.75) is 18.7 Å². The first-order valence-electron chi connectivity index (χ1n) is 8.61. The summed E-state index contributed by atoms with van der Waals surface area (Å²) in [6.07, 6.45) is 0. The Morgan fingerprint density at radius 2 is 1.78 bits per heavy atom. The van der Waals surface area contributed by atoms with Gasteiger partial charge in [0.2, 0.25) is 16.0 Å². The zero-order valence-electron chi connectivity index (χ0n) is 15.1. The van der Waals surface area contributed by atoms with Crippen LogP contribution in [0.4, 0.5) is 11.8 Å². The Balaban J connectivity index is 1.74. The molecule has 146 valence electrons. The van der Waals surface area contributed by atoms with Gasteiger partial charge in [0.25, 0.3) is 0 Å². The fraction of sp³-hybridized carbons (Fsp3) is 0.412. The van der Waals surface area contributed by atoms with E-state index in [4.69, 9.17) is 23.2 Å². The average molecular weight is 430 g/mol. The van der Waals surface area contributed by atoms with Gasteiger partial charge < -0.3 is 10.2 Å². The Morgan fingerprint density at radius 1 is 1.07 bits per heavy atom. The lowest BCUT2D eigenvalue weighted by molar-refractivity contribution is 0.382. The molecule has 1 aliphatic rings. The minimum absolute atomic E-state index is 0.145. The highest BCUT2D eigenvalue weighted by Crippen LogP contribution is 2.27. The highest BCUT2D eigenvalue weighted by molar-refractivity contribution is 7.89. The van der Waals surface area contributed by atoms with E-state index in [0.29, 0.717) is 37.1 Å². The largest absolute Gasteiger partial charge is 0.370 e. The average Bonchev–Trinajstić information content (AvgIpc) is 2.64. The number of nitrogens with zero attached hydrogens (tertiary/aromatic N) is 4. The summed E-state index contributed by atoms with van der Waals surface area (Å²) in [4.78, 5) is 11.1. The first-order chi connectivity index (χ1) is 12.8. The zero-order chi connectivity index (χ0) is 19.6. The minimum atomic E-state index is -3.62. The SMILES string of the molecule is CCNc1cc(C)nc(N2CCN(S(=O)(=O)c3ccc(Cl)c(Cl)c3)CC2)n1. The van der Waals surface area contributed by atoms with Crippen LogP contribution in [0.3, 0.4) is 0 Å². The van der Waals surface area contributed by atoms with Gasteiger partial charge in [0.05, 0.1) is 14.9 Å². The topological polar surface area (TPSA) is 78.4 Å². The summed E-state index contributed by atoms with van der Waals surface area (Å²) in [6, 6.07) is 6.24. The van der Waals surface area contributed by atoms with E-state index in [-0.39, 0.29) is 9.92 Å². The molecule has 0 unspecified atom stereocenters. The Hall–Kier alpha value is -1.61. The highest BCUT2D eigenvalue weighted by Gasteiger charge is 2.29. The van der Waals surface area contributed by atoms with Crippen molar-refractivity contribution in [2.75, 3.05) is 42.9 Å². The van der Waals surface area contributed by atoms with Gasteiger partial charge in [-0.25, -0.2) is 13.4 Å². The number of sulfonamides is 1. The summed E-state index contributed by atoms with van der Waals surface area (Å²) in [6.45, 7) is 6.39. The van der Waals surface area contributed by atoms with E-state index in [2.05, 4.69) is 15.3 Å². The third kappa shape index (κ3) is 4.45. The highest BCUT2D eigenvalue weighted by atomic mass is 35.5. The quantitative estimate of drug-likeness (QED) is 0.786. The number of hydrogen-bond acceptors (Lipinski definition) is 6. The number of piperazine rings is 1. The van der Waals surface area contributed by atoms with E-state index in [1.165, 1.54) is 22.5 Å². The number of nitrogens with one attached hydrogen (secondary N) is 1. The number of aromatic nitrogens is 2. The number of rotatable bonds is 5. The maximum absolute atomic E-state index is 12.9. The van der Waals surface area contributed by atoms with Gasteiger partial charge >= 0.3 is 0 Å². The lowest BCUT2D eigenvalue weighted by Crippen LogP contribution is -2.49. The second kappa shape index (κ2) is 8.18. The van der Waals surface area contributed by atoms with Crippen molar-refractivity contribution in [3.63, 3.8) is 0 Å². The van der Waals surface area contributed by atoms with Crippen molar-refractivity contribution in [1.82, 2.24) is 14.3 Å². The van der Waals surface area contributed by atoms with Gasteiger partial charge in [-0.1, -0.05) is 23.2 Å². The Kier molecular flexibility index (Phi) is 6.10. The minimum Gasteiger partial charge on any atom is -0.370 e. The third-order valence-electron chi connectivity index (χ3n) is 4.25. The van der Waals surface area contributed by atoms with Gasteiger partial charge in [-0.3, -0.25) is 0 Å². The van der Waals surface area contributed by atoms with Crippen molar-refractivity contribution < 1.29 is 8.42 Å². The summed E-state index contributed by atoms with van der Waals surface area (Å²) >= 11 is 11.9. The monoisotopic (exact) mass is 429 g/mol. The lowest BCUT2D eigenvalue weighted by atomic mass is 10.3. The smallest absolute Gasteiger partial charge is 0.243 e. The van der Waals surface area contributed by atoms with Crippen LogP contribution in [0.5, 0.6) is 0 Å². The van der Waals surface area contributed by atoms with Crippen molar-refractivity contribution in [1.29, 1.82) is 0 Å². The van der Waals surface area contributed by atoms with Gasteiger partial charge in [0.15, 0.2) is 0 Å². The van der Waals surface area contributed by atoms with Crippen LogP contribution in [-0.4, -0.2) is 55.4 Å². The van der Waals surface area contributed by atoms with Crippen LogP contribution >= 0.6 is 23.2 Å². The molecule has 0 amide bonds. The Bertz CT molecular complexity index is 931. The second-order valence-electron chi connectivity index (χ2n) is 6.19. The van der Waals surface area contributed by atoms with Gasteiger partial charge in [0, 0.05) is 44.5 Å². The van der Waals surface area contributed by atoms with E-state index >= 15 is 0 Å². The van der Waals surface area contributed by atoms with E-state index in [0.717, 1.165) is 18.1 Å². The molecule has 0 saturated carbocycles. The molecule has 1 aromatic heterocycles.